The van der Waals surface area contributed by atoms with Gasteiger partial charge in [0.2, 0.25) is 0 Å². The Bertz CT molecular complexity index is 332. The Morgan fingerprint density at radius 3 is 2.56 bits per heavy atom. The molecule has 1 aliphatic rings. The van der Waals surface area contributed by atoms with E-state index in [2.05, 4.69) is 11.9 Å². The highest BCUT2D eigenvalue weighted by atomic mass is 19.1. The second-order valence-corrected chi connectivity index (χ2v) is 4.82. The Labute approximate surface area is 96.2 Å². The van der Waals surface area contributed by atoms with Crippen LogP contribution < -0.4 is 5.73 Å². The molecule has 16 heavy (non-hydrogen) atoms. The van der Waals surface area contributed by atoms with E-state index in [1.165, 1.54) is 25.0 Å². The summed E-state index contributed by atoms with van der Waals surface area (Å²) in [7, 11) is 2.10. The third kappa shape index (κ3) is 3.29. The third-order valence-electron chi connectivity index (χ3n) is 3.07. The molecule has 0 aliphatic heterocycles. The molecular weight excluding hydrogens is 203 g/mol. The van der Waals surface area contributed by atoms with Crippen molar-refractivity contribution >= 4 is 0 Å². The number of hydrogen-bond donors (Lipinski definition) is 1. The number of hydrogen-bond acceptors (Lipinski definition) is 2. The standard InChI is InChI=1S/C13H19FN2/c1-16(8-10-2-3-10)9-13(15)11-4-6-12(14)7-5-11/h4-7,10,13H,2-3,8-9,15H2,1H3. The van der Waals surface area contributed by atoms with Gasteiger partial charge in [-0.05, 0) is 43.5 Å². The van der Waals surface area contributed by atoms with Crippen LogP contribution in [0.25, 0.3) is 0 Å². The van der Waals surface area contributed by atoms with E-state index in [1.54, 1.807) is 12.1 Å². The number of halogens is 1. The first kappa shape index (κ1) is 11.6. The van der Waals surface area contributed by atoms with E-state index in [0.29, 0.717) is 0 Å². The minimum Gasteiger partial charge on any atom is -0.323 e. The molecule has 0 saturated heterocycles. The molecule has 1 unspecified atom stereocenters. The van der Waals surface area contributed by atoms with Crippen LogP contribution >= 0.6 is 0 Å². The molecule has 1 aliphatic carbocycles. The number of nitrogens with two attached hydrogens (primary N) is 1. The van der Waals surface area contributed by atoms with Gasteiger partial charge in [0, 0.05) is 19.1 Å². The molecule has 1 aromatic carbocycles. The number of rotatable bonds is 5. The lowest BCUT2D eigenvalue weighted by Gasteiger charge is -2.21. The van der Waals surface area contributed by atoms with Gasteiger partial charge in [0.25, 0.3) is 0 Å². The van der Waals surface area contributed by atoms with Gasteiger partial charge in [-0.25, -0.2) is 4.39 Å². The van der Waals surface area contributed by atoms with E-state index in [9.17, 15) is 4.39 Å². The molecular formula is C13H19FN2. The zero-order chi connectivity index (χ0) is 11.5. The minimum atomic E-state index is -0.206. The third-order valence-corrected chi connectivity index (χ3v) is 3.07. The molecule has 2 nitrogen and oxygen atoms in total. The molecule has 3 heteroatoms. The number of benzene rings is 1. The highest BCUT2D eigenvalue weighted by molar-refractivity contribution is 5.19. The topological polar surface area (TPSA) is 29.3 Å². The fourth-order valence-corrected chi connectivity index (χ4v) is 1.97. The predicted molar refractivity (Wildman–Crippen MR) is 63.5 cm³/mol. The highest BCUT2D eigenvalue weighted by Gasteiger charge is 2.23. The van der Waals surface area contributed by atoms with Crippen LogP contribution in [0.5, 0.6) is 0 Å². The molecule has 2 N–H and O–H groups in total. The van der Waals surface area contributed by atoms with Gasteiger partial charge in [0.1, 0.15) is 5.82 Å². The monoisotopic (exact) mass is 222 g/mol. The maximum Gasteiger partial charge on any atom is 0.123 e. The predicted octanol–water partition coefficient (Wildman–Crippen LogP) is 2.17. The lowest BCUT2D eigenvalue weighted by atomic mass is 10.1. The average molecular weight is 222 g/mol. The Balaban J connectivity index is 1.85. The van der Waals surface area contributed by atoms with Gasteiger partial charge >= 0.3 is 0 Å². The summed E-state index contributed by atoms with van der Waals surface area (Å²) in [5, 5.41) is 0. The van der Waals surface area contributed by atoms with Crippen molar-refractivity contribution in [1.82, 2.24) is 4.90 Å². The molecule has 0 aromatic heterocycles. The minimum absolute atomic E-state index is 0.0238. The first-order valence-electron chi connectivity index (χ1n) is 5.85. The number of nitrogens with zero attached hydrogens (tertiary/aromatic N) is 1. The summed E-state index contributed by atoms with van der Waals surface area (Å²) in [5.74, 6) is 0.674. The van der Waals surface area contributed by atoms with E-state index >= 15 is 0 Å². The van der Waals surface area contributed by atoms with E-state index in [-0.39, 0.29) is 11.9 Å². The van der Waals surface area contributed by atoms with Crippen LogP contribution in [0.4, 0.5) is 4.39 Å². The van der Waals surface area contributed by atoms with Gasteiger partial charge in [-0.15, -0.1) is 0 Å². The first-order valence-corrected chi connectivity index (χ1v) is 5.85. The molecule has 0 radical (unpaired) electrons. The van der Waals surface area contributed by atoms with Crippen LogP contribution in [0, 0.1) is 11.7 Å². The average Bonchev–Trinajstić information content (AvgIpc) is 3.02. The van der Waals surface area contributed by atoms with Crippen molar-refractivity contribution < 1.29 is 4.39 Å². The summed E-state index contributed by atoms with van der Waals surface area (Å²) in [6.45, 7) is 1.97. The Morgan fingerprint density at radius 1 is 1.38 bits per heavy atom. The van der Waals surface area contributed by atoms with E-state index < -0.39 is 0 Å². The second kappa shape index (κ2) is 4.93. The molecule has 0 heterocycles. The molecule has 1 atom stereocenters. The van der Waals surface area contributed by atoms with Crippen molar-refractivity contribution in [2.24, 2.45) is 11.7 Å². The normalized spacial score (nSPS) is 17.8. The van der Waals surface area contributed by atoms with Gasteiger partial charge in [-0.1, -0.05) is 12.1 Å². The van der Waals surface area contributed by atoms with Crippen molar-refractivity contribution in [2.75, 3.05) is 20.1 Å². The molecule has 1 fully saturated rings. The van der Waals surface area contributed by atoms with Gasteiger partial charge in [0.15, 0.2) is 0 Å². The van der Waals surface area contributed by atoms with Crippen molar-refractivity contribution in [3.8, 4) is 0 Å². The summed E-state index contributed by atoms with van der Waals surface area (Å²) >= 11 is 0. The van der Waals surface area contributed by atoms with E-state index in [4.69, 9.17) is 5.73 Å². The number of likely N-dealkylation sites (N-methyl/N-ethyl adjacent to an activating group) is 1. The molecule has 1 aromatic rings. The lowest BCUT2D eigenvalue weighted by molar-refractivity contribution is 0.300. The van der Waals surface area contributed by atoms with Gasteiger partial charge in [0.05, 0.1) is 0 Å². The Kier molecular flexibility index (Phi) is 3.56. The van der Waals surface area contributed by atoms with Crippen molar-refractivity contribution in [3.63, 3.8) is 0 Å². The molecule has 2 rings (SSSR count). The smallest absolute Gasteiger partial charge is 0.123 e. The summed E-state index contributed by atoms with van der Waals surface area (Å²) in [6, 6.07) is 6.45. The van der Waals surface area contributed by atoms with Crippen LogP contribution in [0.3, 0.4) is 0 Å². The van der Waals surface area contributed by atoms with Crippen LogP contribution in [0.1, 0.15) is 24.4 Å². The van der Waals surface area contributed by atoms with Gasteiger partial charge < -0.3 is 10.6 Å². The highest BCUT2D eigenvalue weighted by Crippen LogP contribution is 2.29. The molecule has 0 spiro atoms. The molecule has 1 saturated carbocycles. The second-order valence-electron chi connectivity index (χ2n) is 4.82. The SMILES string of the molecule is CN(CC1CC1)CC(N)c1ccc(F)cc1. The maximum absolute atomic E-state index is 12.7. The molecule has 0 amide bonds. The van der Waals surface area contributed by atoms with Crippen LogP contribution in [-0.2, 0) is 0 Å². The fourth-order valence-electron chi connectivity index (χ4n) is 1.97. The zero-order valence-corrected chi connectivity index (χ0v) is 9.70. The Hall–Kier alpha value is -0.930. The van der Waals surface area contributed by atoms with Crippen molar-refractivity contribution in [1.29, 1.82) is 0 Å². The summed E-state index contributed by atoms with van der Waals surface area (Å²) in [4.78, 5) is 2.27. The molecule has 88 valence electrons. The van der Waals surface area contributed by atoms with E-state index in [0.717, 1.165) is 24.6 Å². The van der Waals surface area contributed by atoms with Gasteiger partial charge in [-0.3, -0.25) is 0 Å². The lowest BCUT2D eigenvalue weighted by Crippen LogP contribution is -2.30. The maximum atomic E-state index is 12.7. The van der Waals surface area contributed by atoms with Crippen molar-refractivity contribution in [2.45, 2.75) is 18.9 Å². The van der Waals surface area contributed by atoms with Crippen LogP contribution in [0.15, 0.2) is 24.3 Å². The molecule has 0 bridgehead atoms. The summed E-state index contributed by atoms with van der Waals surface area (Å²) in [6.07, 6.45) is 2.71. The van der Waals surface area contributed by atoms with Crippen LogP contribution in [0.2, 0.25) is 0 Å². The fraction of sp³-hybridized carbons (Fsp3) is 0.538. The van der Waals surface area contributed by atoms with E-state index in [1.807, 2.05) is 0 Å². The quantitative estimate of drug-likeness (QED) is 0.827. The summed E-state index contributed by atoms with van der Waals surface area (Å²) < 4.78 is 12.7. The summed E-state index contributed by atoms with van der Waals surface area (Å²) in [5.41, 5.74) is 7.08. The first-order chi connectivity index (χ1) is 7.65. The van der Waals surface area contributed by atoms with Crippen LogP contribution in [-0.4, -0.2) is 25.0 Å². The van der Waals surface area contributed by atoms with Crippen molar-refractivity contribution in [3.05, 3.63) is 35.6 Å². The Morgan fingerprint density at radius 2 is 2.00 bits per heavy atom. The van der Waals surface area contributed by atoms with Gasteiger partial charge in [-0.2, -0.15) is 0 Å². The largest absolute Gasteiger partial charge is 0.323 e. The zero-order valence-electron chi connectivity index (χ0n) is 9.70.